The molecule has 0 saturated carbocycles. The maximum Gasteiger partial charge on any atom is 0.314 e. The number of hydrazine groups is 1. The van der Waals surface area contributed by atoms with Crippen LogP contribution >= 0.6 is 11.6 Å². The largest absolute Gasteiger partial charge is 0.314 e. The SMILES string of the molecule is CNS(=O)(=O)c1ccc(Cl)c(N2NC(=O)C(=O)C(=O)C2C)c1. The van der Waals surface area contributed by atoms with Crippen LogP contribution < -0.4 is 15.2 Å². The van der Waals surface area contributed by atoms with Gasteiger partial charge in [0.25, 0.3) is 5.78 Å². The van der Waals surface area contributed by atoms with Crippen LogP contribution in [0.15, 0.2) is 23.1 Å². The van der Waals surface area contributed by atoms with Gasteiger partial charge in [0.2, 0.25) is 15.8 Å². The van der Waals surface area contributed by atoms with Gasteiger partial charge in [-0.25, -0.2) is 13.1 Å². The predicted molar refractivity (Wildman–Crippen MR) is 77.8 cm³/mol. The molecule has 1 atom stereocenters. The van der Waals surface area contributed by atoms with E-state index in [1.54, 1.807) is 0 Å². The zero-order chi connectivity index (χ0) is 16.7. The highest BCUT2D eigenvalue weighted by molar-refractivity contribution is 7.89. The summed E-state index contributed by atoms with van der Waals surface area (Å²) in [5, 5.41) is 1.19. The predicted octanol–water partition coefficient (Wildman–Crippen LogP) is -0.374. The third kappa shape index (κ3) is 2.70. The molecular formula is C12H12ClN3O5S. The number of hydrogen-bond acceptors (Lipinski definition) is 6. The van der Waals surface area contributed by atoms with Crippen molar-refractivity contribution in [2.45, 2.75) is 17.9 Å². The molecule has 0 spiro atoms. The zero-order valence-electron chi connectivity index (χ0n) is 11.6. The zero-order valence-corrected chi connectivity index (χ0v) is 13.2. The van der Waals surface area contributed by atoms with E-state index in [1.807, 2.05) is 0 Å². The summed E-state index contributed by atoms with van der Waals surface area (Å²) in [6.07, 6.45) is 0. The molecule has 118 valence electrons. The number of nitrogens with zero attached hydrogens (tertiary/aromatic N) is 1. The Morgan fingerprint density at radius 1 is 1.27 bits per heavy atom. The van der Waals surface area contributed by atoms with Crippen LogP contribution in [0.3, 0.4) is 0 Å². The van der Waals surface area contributed by atoms with Gasteiger partial charge in [-0.1, -0.05) is 11.6 Å². The summed E-state index contributed by atoms with van der Waals surface area (Å²) >= 11 is 6.02. The van der Waals surface area contributed by atoms with Gasteiger partial charge in [-0.2, -0.15) is 0 Å². The Kier molecular flexibility index (Phi) is 4.23. The first-order valence-electron chi connectivity index (χ1n) is 6.10. The van der Waals surface area contributed by atoms with Gasteiger partial charge < -0.3 is 0 Å². The molecule has 22 heavy (non-hydrogen) atoms. The van der Waals surface area contributed by atoms with Gasteiger partial charge in [0, 0.05) is 0 Å². The van der Waals surface area contributed by atoms with Gasteiger partial charge in [0.05, 0.1) is 15.6 Å². The van der Waals surface area contributed by atoms with Crippen molar-refractivity contribution < 1.29 is 22.8 Å². The molecule has 1 unspecified atom stereocenters. The molecule has 1 aromatic carbocycles. The Morgan fingerprint density at radius 2 is 1.91 bits per heavy atom. The summed E-state index contributed by atoms with van der Waals surface area (Å²) in [6.45, 7) is 1.40. The van der Waals surface area contributed by atoms with Gasteiger partial charge in [-0.05, 0) is 32.2 Å². The fourth-order valence-corrected chi connectivity index (χ4v) is 2.87. The van der Waals surface area contributed by atoms with Gasteiger partial charge >= 0.3 is 5.91 Å². The topological polar surface area (TPSA) is 113 Å². The lowest BCUT2D eigenvalue weighted by molar-refractivity contribution is -0.147. The summed E-state index contributed by atoms with van der Waals surface area (Å²) < 4.78 is 25.8. The quantitative estimate of drug-likeness (QED) is 0.722. The number of rotatable bonds is 3. The molecule has 8 nitrogen and oxygen atoms in total. The van der Waals surface area contributed by atoms with E-state index in [1.165, 1.54) is 32.2 Å². The van der Waals surface area contributed by atoms with Crippen molar-refractivity contribution in [3.63, 3.8) is 0 Å². The van der Waals surface area contributed by atoms with Crippen LogP contribution in [-0.2, 0) is 24.4 Å². The number of benzene rings is 1. The summed E-state index contributed by atoms with van der Waals surface area (Å²) in [4.78, 5) is 34.5. The number of sulfonamides is 1. The molecule has 1 aromatic rings. The molecule has 0 aliphatic carbocycles. The van der Waals surface area contributed by atoms with Crippen LogP contribution in [0.25, 0.3) is 0 Å². The lowest BCUT2D eigenvalue weighted by Crippen LogP contribution is -2.61. The smallest absolute Gasteiger partial charge is 0.288 e. The van der Waals surface area contributed by atoms with Crippen LogP contribution in [-0.4, -0.2) is 39.0 Å². The molecule has 10 heteroatoms. The first-order chi connectivity index (χ1) is 10.2. The third-order valence-electron chi connectivity index (χ3n) is 3.17. The molecule has 0 bridgehead atoms. The van der Waals surface area contributed by atoms with Crippen LogP contribution in [0.2, 0.25) is 5.02 Å². The molecule has 0 aromatic heterocycles. The molecule has 2 N–H and O–H groups in total. The number of Topliss-reactive ketones (excluding diaryl/α,β-unsaturated/α-hetero) is 2. The molecule has 1 aliphatic heterocycles. The molecular weight excluding hydrogens is 334 g/mol. The molecule has 0 radical (unpaired) electrons. The van der Waals surface area contributed by atoms with Crippen LogP contribution in [0.1, 0.15) is 6.92 Å². The Morgan fingerprint density at radius 3 is 2.50 bits per heavy atom. The summed E-state index contributed by atoms with van der Waals surface area (Å²) in [7, 11) is -2.48. The number of carbonyl (C=O) groups excluding carboxylic acids is 3. The van der Waals surface area contributed by atoms with Gasteiger partial charge in [-0.15, -0.1) is 0 Å². The highest BCUT2D eigenvalue weighted by atomic mass is 35.5. The summed E-state index contributed by atoms with van der Waals surface area (Å²) in [5.41, 5.74) is 2.32. The molecule has 1 fully saturated rings. The number of nitrogens with one attached hydrogen (secondary N) is 2. The third-order valence-corrected chi connectivity index (χ3v) is 4.91. The highest BCUT2D eigenvalue weighted by Gasteiger charge is 2.39. The van der Waals surface area contributed by atoms with Crippen LogP contribution in [0.5, 0.6) is 0 Å². The first kappa shape index (κ1) is 16.4. The second kappa shape index (κ2) is 5.67. The van der Waals surface area contributed by atoms with Crippen molar-refractivity contribution in [2.75, 3.05) is 12.1 Å². The van der Waals surface area contributed by atoms with Crippen molar-refractivity contribution >= 4 is 44.8 Å². The second-order valence-electron chi connectivity index (χ2n) is 4.50. The second-order valence-corrected chi connectivity index (χ2v) is 6.79. The average molecular weight is 346 g/mol. The summed E-state index contributed by atoms with van der Waals surface area (Å²) in [5.74, 6) is -3.15. The maximum atomic E-state index is 11.8. The number of ketones is 2. The fourth-order valence-electron chi connectivity index (χ4n) is 1.91. The normalized spacial score (nSPS) is 19.3. The van der Waals surface area contributed by atoms with Crippen molar-refractivity contribution in [1.82, 2.24) is 10.1 Å². The molecule has 1 saturated heterocycles. The average Bonchev–Trinajstić information content (AvgIpc) is 2.49. The molecule has 1 aliphatic rings. The number of carbonyl (C=O) groups is 3. The number of halogens is 1. The highest BCUT2D eigenvalue weighted by Crippen LogP contribution is 2.30. The van der Waals surface area contributed by atoms with Crippen LogP contribution in [0, 0.1) is 0 Å². The van der Waals surface area contributed by atoms with Gasteiger partial charge in [0.15, 0.2) is 0 Å². The van der Waals surface area contributed by atoms with Gasteiger partial charge in [0.1, 0.15) is 6.04 Å². The van der Waals surface area contributed by atoms with E-state index < -0.39 is 33.5 Å². The lowest BCUT2D eigenvalue weighted by Gasteiger charge is -2.33. The van der Waals surface area contributed by atoms with E-state index in [9.17, 15) is 22.8 Å². The Balaban J connectivity index is 2.52. The van der Waals surface area contributed by atoms with E-state index in [0.29, 0.717) is 0 Å². The van der Waals surface area contributed by atoms with E-state index in [2.05, 4.69) is 10.1 Å². The minimum Gasteiger partial charge on any atom is -0.288 e. The minimum atomic E-state index is -3.73. The van der Waals surface area contributed by atoms with Crippen molar-refractivity contribution in [1.29, 1.82) is 0 Å². The molecule has 2 rings (SSSR count). The molecule has 1 amide bonds. The van der Waals surface area contributed by atoms with E-state index in [0.717, 1.165) is 5.01 Å². The van der Waals surface area contributed by atoms with Crippen molar-refractivity contribution in [3.05, 3.63) is 23.2 Å². The Labute approximate surface area is 131 Å². The number of hydrogen-bond donors (Lipinski definition) is 2. The minimum absolute atomic E-state index is 0.0969. The fraction of sp³-hybridized carbons (Fsp3) is 0.250. The monoisotopic (exact) mass is 345 g/mol. The molecule has 1 heterocycles. The lowest BCUT2D eigenvalue weighted by atomic mass is 10.1. The summed E-state index contributed by atoms with van der Waals surface area (Å²) in [6, 6.07) is 2.80. The van der Waals surface area contributed by atoms with Crippen molar-refractivity contribution in [2.24, 2.45) is 0 Å². The van der Waals surface area contributed by atoms with E-state index in [4.69, 9.17) is 11.6 Å². The number of anilines is 1. The standard InChI is InChI=1S/C12H12ClN3O5S/c1-6-10(17)11(18)12(19)15-16(6)9-5-7(3-4-8(9)13)22(20,21)14-2/h3-6,14H,1-2H3,(H,15,19). The van der Waals surface area contributed by atoms with Gasteiger partial charge in [-0.3, -0.25) is 24.8 Å². The van der Waals surface area contributed by atoms with E-state index >= 15 is 0 Å². The van der Waals surface area contributed by atoms with E-state index in [-0.39, 0.29) is 15.6 Å². The maximum absolute atomic E-state index is 11.8. The number of amides is 1. The first-order valence-corrected chi connectivity index (χ1v) is 7.96. The Bertz CT molecular complexity index is 777. The Hall–Kier alpha value is -1.97. The van der Waals surface area contributed by atoms with Crippen molar-refractivity contribution in [3.8, 4) is 0 Å². The van der Waals surface area contributed by atoms with Crippen LogP contribution in [0.4, 0.5) is 5.69 Å².